The van der Waals surface area contributed by atoms with E-state index < -0.39 is 11.8 Å². The van der Waals surface area contributed by atoms with Gasteiger partial charge in [0.2, 0.25) is 0 Å². The summed E-state index contributed by atoms with van der Waals surface area (Å²) in [5.41, 5.74) is 1.26. The second-order valence-corrected chi connectivity index (χ2v) is 4.21. The molecule has 0 radical (unpaired) electrons. The van der Waals surface area contributed by atoms with Crippen molar-refractivity contribution < 1.29 is 19.4 Å². The van der Waals surface area contributed by atoms with E-state index in [0.717, 1.165) is 0 Å². The van der Waals surface area contributed by atoms with E-state index in [9.17, 15) is 9.59 Å². The van der Waals surface area contributed by atoms with Gasteiger partial charge in [0.15, 0.2) is 0 Å². The predicted octanol–water partition coefficient (Wildman–Crippen LogP) is 1.84. The average Bonchev–Trinajstić information content (AvgIpc) is 2.55. The average molecular weight is 281 g/mol. The number of esters is 1. The van der Waals surface area contributed by atoms with Crippen LogP contribution in [-0.4, -0.2) is 16.9 Å². The van der Waals surface area contributed by atoms with Crippen molar-refractivity contribution in [1.29, 1.82) is 5.26 Å². The lowest BCUT2D eigenvalue weighted by Gasteiger charge is -2.04. The highest BCUT2D eigenvalue weighted by Crippen LogP contribution is 2.13. The Morgan fingerprint density at radius 1 is 1.05 bits per heavy atom. The Morgan fingerprint density at radius 3 is 2.19 bits per heavy atom. The molecule has 0 aliphatic carbocycles. The van der Waals surface area contributed by atoms with Gasteiger partial charge in [-0.05, 0) is 29.8 Å². The van der Waals surface area contributed by atoms with Gasteiger partial charge in [-0.15, -0.1) is 0 Å². The smallest absolute Gasteiger partial charge is 0.385 e. The molecule has 0 aliphatic rings. The maximum absolute atomic E-state index is 11.9. The molecule has 0 amide bonds. The molecule has 5 heteroatoms. The first-order chi connectivity index (χ1) is 10.1. The second-order valence-electron chi connectivity index (χ2n) is 4.21. The lowest BCUT2D eigenvalue weighted by atomic mass is 10.1. The van der Waals surface area contributed by atoms with Gasteiger partial charge in [0.05, 0.1) is 18.2 Å². The molecular weight excluding hydrogens is 270 g/mol. The molecule has 2 aromatic carbocycles. The Hall–Kier alpha value is -2.97. The highest BCUT2D eigenvalue weighted by Gasteiger charge is 2.18. The van der Waals surface area contributed by atoms with Crippen molar-refractivity contribution in [3.05, 3.63) is 65.2 Å². The van der Waals surface area contributed by atoms with Gasteiger partial charge >= 0.3 is 5.97 Å². The van der Waals surface area contributed by atoms with E-state index in [1.165, 1.54) is 36.4 Å². The molecule has 0 spiro atoms. The fraction of sp³-hybridized carbons (Fsp3) is 0.0625. The van der Waals surface area contributed by atoms with Gasteiger partial charge in [-0.1, -0.05) is 24.3 Å². The van der Waals surface area contributed by atoms with Gasteiger partial charge in [-0.2, -0.15) is 5.26 Å². The minimum absolute atomic E-state index is 0.135. The van der Waals surface area contributed by atoms with Crippen LogP contribution in [0.3, 0.4) is 0 Å². The summed E-state index contributed by atoms with van der Waals surface area (Å²) in [7, 11) is 0. The van der Waals surface area contributed by atoms with Crippen molar-refractivity contribution in [3.63, 3.8) is 0 Å². The molecule has 0 bridgehead atoms. The third kappa shape index (κ3) is 3.53. The van der Waals surface area contributed by atoms with E-state index >= 15 is 0 Å². The Bertz CT molecular complexity index is 697. The number of rotatable bonds is 4. The third-order valence-corrected chi connectivity index (χ3v) is 2.78. The van der Waals surface area contributed by atoms with Gasteiger partial charge in [0.25, 0.3) is 5.78 Å². The summed E-state index contributed by atoms with van der Waals surface area (Å²) in [4.78, 5) is 23.6. The molecule has 0 aliphatic heterocycles. The number of ketones is 1. The molecule has 21 heavy (non-hydrogen) atoms. The van der Waals surface area contributed by atoms with E-state index in [1.54, 1.807) is 12.1 Å². The first kappa shape index (κ1) is 14.4. The molecule has 0 unspecified atom stereocenters. The molecular formula is C16H11NO4. The number of benzene rings is 2. The zero-order chi connectivity index (χ0) is 15.2. The van der Waals surface area contributed by atoms with Gasteiger partial charge < -0.3 is 9.84 Å². The number of nitrogens with zero attached hydrogens (tertiary/aromatic N) is 1. The summed E-state index contributed by atoms with van der Waals surface area (Å²) in [5, 5.41) is 17.6. The highest BCUT2D eigenvalue weighted by molar-refractivity contribution is 6.41. The Kier molecular flexibility index (Phi) is 4.44. The number of ether oxygens (including phenoxy) is 1. The molecule has 0 atom stereocenters. The molecule has 0 heterocycles. The molecule has 2 rings (SSSR count). The fourth-order valence-corrected chi connectivity index (χ4v) is 1.63. The molecule has 5 nitrogen and oxygen atoms in total. The van der Waals surface area contributed by atoms with Gasteiger partial charge in [-0.3, -0.25) is 4.79 Å². The number of carbonyl (C=O) groups is 2. The van der Waals surface area contributed by atoms with Crippen molar-refractivity contribution in [1.82, 2.24) is 0 Å². The topological polar surface area (TPSA) is 87.4 Å². The third-order valence-electron chi connectivity index (χ3n) is 2.78. The van der Waals surface area contributed by atoms with Crippen LogP contribution >= 0.6 is 0 Å². The van der Waals surface area contributed by atoms with E-state index in [0.29, 0.717) is 11.1 Å². The Morgan fingerprint density at radius 2 is 1.67 bits per heavy atom. The SMILES string of the molecule is N#Cc1ccc(OC(=O)C(=O)c2ccc(CO)cc2)cc1. The number of hydrogen-bond acceptors (Lipinski definition) is 5. The molecule has 0 saturated carbocycles. The monoisotopic (exact) mass is 281 g/mol. The molecule has 0 fully saturated rings. The molecule has 2 aromatic rings. The maximum Gasteiger partial charge on any atom is 0.385 e. The largest absolute Gasteiger partial charge is 0.421 e. The summed E-state index contributed by atoms with van der Waals surface area (Å²) < 4.78 is 4.94. The highest BCUT2D eigenvalue weighted by atomic mass is 16.5. The fourth-order valence-electron chi connectivity index (χ4n) is 1.63. The van der Waals surface area contributed by atoms with Crippen LogP contribution in [0.25, 0.3) is 0 Å². The van der Waals surface area contributed by atoms with Crippen LogP contribution in [0.2, 0.25) is 0 Å². The van der Waals surface area contributed by atoms with Crippen LogP contribution < -0.4 is 4.74 Å². The molecule has 0 saturated heterocycles. The van der Waals surface area contributed by atoms with Crippen LogP contribution in [-0.2, 0) is 11.4 Å². The number of aliphatic hydroxyl groups excluding tert-OH is 1. The van der Waals surface area contributed by atoms with E-state index in [2.05, 4.69) is 0 Å². The first-order valence-electron chi connectivity index (χ1n) is 6.10. The van der Waals surface area contributed by atoms with Crippen LogP contribution in [0.5, 0.6) is 5.75 Å². The Labute approximate surface area is 121 Å². The van der Waals surface area contributed by atoms with Crippen LogP contribution in [0, 0.1) is 11.3 Å². The van der Waals surface area contributed by atoms with E-state index in [1.807, 2.05) is 6.07 Å². The van der Waals surface area contributed by atoms with E-state index in [-0.39, 0.29) is 17.9 Å². The normalized spacial score (nSPS) is 9.71. The minimum Gasteiger partial charge on any atom is -0.421 e. The van der Waals surface area contributed by atoms with Crippen molar-refractivity contribution in [3.8, 4) is 11.8 Å². The minimum atomic E-state index is -1.00. The van der Waals surface area contributed by atoms with Gasteiger partial charge in [0.1, 0.15) is 5.75 Å². The number of carbonyl (C=O) groups excluding carboxylic acids is 2. The number of Topliss-reactive ketones (excluding diaryl/α,β-unsaturated/α-hetero) is 1. The van der Waals surface area contributed by atoms with Crippen molar-refractivity contribution in [2.45, 2.75) is 6.61 Å². The van der Waals surface area contributed by atoms with Gasteiger partial charge in [-0.25, -0.2) is 4.79 Å². The summed E-state index contributed by atoms with van der Waals surface area (Å²) in [6.07, 6.45) is 0. The number of aliphatic hydroxyl groups is 1. The molecule has 104 valence electrons. The lowest BCUT2D eigenvalue weighted by Crippen LogP contribution is -2.20. The standard InChI is InChI=1S/C16H11NO4/c17-9-11-3-7-14(8-4-11)21-16(20)15(19)13-5-1-12(10-18)2-6-13/h1-8,18H,10H2. The summed E-state index contributed by atoms with van der Waals surface area (Å²) in [6.45, 7) is -0.135. The first-order valence-corrected chi connectivity index (χ1v) is 6.10. The summed E-state index contributed by atoms with van der Waals surface area (Å²) in [6, 6.07) is 13.8. The molecule has 0 aromatic heterocycles. The van der Waals surface area contributed by atoms with Crippen LogP contribution in [0.4, 0.5) is 0 Å². The maximum atomic E-state index is 11.9. The van der Waals surface area contributed by atoms with Gasteiger partial charge in [0, 0.05) is 5.56 Å². The summed E-state index contributed by atoms with van der Waals surface area (Å²) >= 11 is 0. The van der Waals surface area contributed by atoms with Crippen LogP contribution in [0.15, 0.2) is 48.5 Å². The zero-order valence-corrected chi connectivity index (χ0v) is 10.9. The number of nitriles is 1. The van der Waals surface area contributed by atoms with Crippen molar-refractivity contribution in [2.24, 2.45) is 0 Å². The Balaban J connectivity index is 2.07. The van der Waals surface area contributed by atoms with Crippen molar-refractivity contribution >= 4 is 11.8 Å². The van der Waals surface area contributed by atoms with Crippen LogP contribution in [0.1, 0.15) is 21.5 Å². The van der Waals surface area contributed by atoms with Crippen molar-refractivity contribution in [2.75, 3.05) is 0 Å². The second kappa shape index (κ2) is 6.46. The predicted molar refractivity (Wildman–Crippen MR) is 73.5 cm³/mol. The summed E-state index contributed by atoms with van der Waals surface area (Å²) in [5.74, 6) is -1.58. The zero-order valence-electron chi connectivity index (χ0n) is 10.9. The van der Waals surface area contributed by atoms with E-state index in [4.69, 9.17) is 15.1 Å². The molecule has 1 N–H and O–H groups in total. The lowest BCUT2D eigenvalue weighted by molar-refractivity contribution is -0.129. The number of hydrogen-bond donors (Lipinski definition) is 1. The quantitative estimate of drug-likeness (QED) is 0.400.